The molecule has 0 amide bonds. The van der Waals surface area contributed by atoms with E-state index in [1.807, 2.05) is 32.0 Å². The van der Waals surface area contributed by atoms with Gasteiger partial charge in [-0.2, -0.15) is 0 Å². The Bertz CT molecular complexity index is 621. The second kappa shape index (κ2) is 5.40. The van der Waals surface area contributed by atoms with Gasteiger partial charge in [0.1, 0.15) is 0 Å². The summed E-state index contributed by atoms with van der Waals surface area (Å²) >= 11 is 3.36. The minimum atomic E-state index is -0.409. The van der Waals surface area contributed by atoms with Gasteiger partial charge in [0.15, 0.2) is 0 Å². The number of non-ortho nitro benzene ring substituents is 1. The van der Waals surface area contributed by atoms with Gasteiger partial charge >= 0.3 is 0 Å². The largest absolute Gasteiger partial charge is 0.354 e. The maximum Gasteiger partial charge on any atom is 0.270 e. The molecule has 2 rings (SSSR count). The zero-order chi connectivity index (χ0) is 14.0. The summed E-state index contributed by atoms with van der Waals surface area (Å²) in [6.45, 7) is 4.04. The Labute approximate surface area is 119 Å². The first-order valence-electron chi connectivity index (χ1n) is 5.76. The molecule has 0 atom stereocenters. The van der Waals surface area contributed by atoms with Gasteiger partial charge in [-0.1, -0.05) is 18.2 Å². The van der Waals surface area contributed by atoms with Gasteiger partial charge in [0.05, 0.1) is 10.6 Å². The first kappa shape index (κ1) is 13.5. The van der Waals surface area contributed by atoms with Crippen LogP contribution in [0.15, 0.2) is 40.9 Å². The molecule has 0 aliphatic carbocycles. The number of anilines is 2. The van der Waals surface area contributed by atoms with E-state index in [0.717, 1.165) is 22.5 Å². The summed E-state index contributed by atoms with van der Waals surface area (Å²) in [4.78, 5) is 10.3. The standard InChI is InChI=1S/C14H13BrN2O2/c1-9-4-3-5-10(2)14(9)16-13-7-6-11(17(18)19)8-12(13)15/h3-8,16H,1-2H3. The van der Waals surface area contributed by atoms with E-state index in [-0.39, 0.29) is 5.69 Å². The van der Waals surface area contributed by atoms with Crippen molar-refractivity contribution in [2.24, 2.45) is 0 Å². The predicted octanol–water partition coefficient (Wildman–Crippen LogP) is 4.72. The van der Waals surface area contributed by atoms with Crippen LogP contribution in [0, 0.1) is 24.0 Å². The lowest BCUT2D eigenvalue weighted by Crippen LogP contribution is -1.97. The number of nitrogens with zero attached hydrogens (tertiary/aromatic N) is 1. The Kier molecular flexibility index (Phi) is 3.85. The Morgan fingerprint density at radius 2 is 1.79 bits per heavy atom. The lowest BCUT2D eigenvalue weighted by molar-refractivity contribution is -0.384. The second-order valence-corrected chi connectivity index (χ2v) is 5.17. The maximum atomic E-state index is 10.7. The van der Waals surface area contributed by atoms with Crippen LogP contribution in [0.5, 0.6) is 0 Å². The first-order chi connectivity index (χ1) is 8.99. The fourth-order valence-electron chi connectivity index (χ4n) is 1.87. The van der Waals surface area contributed by atoms with Crippen molar-refractivity contribution in [3.05, 3.63) is 62.1 Å². The SMILES string of the molecule is Cc1cccc(C)c1Nc1ccc([N+](=O)[O-])cc1Br. The zero-order valence-corrected chi connectivity index (χ0v) is 12.2. The number of hydrogen-bond donors (Lipinski definition) is 1. The van der Waals surface area contributed by atoms with Crippen molar-refractivity contribution in [1.82, 2.24) is 0 Å². The summed E-state index contributed by atoms with van der Waals surface area (Å²) in [5, 5.41) is 14.0. The van der Waals surface area contributed by atoms with E-state index < -0.39 is 4.92 Å². The van der Waals surface area contributed by atoms with Crippen LogP contribution in [0.1, 0.15) is 11.1 Å². The van der Waals surface area contributed by atoms with Gasteiger partial charge < -0.3 is 5.32 Å². The molecule has 0 aromatic heterocycles. The lowest BCUT2D eigenvalue weighted by atomic mass is 10.1. The molecular formula is C14H13BrN2O2. The number of aryl methyl sites for hydroxylation is 2. The predicted molar refractivity (Wildman–Crippen MR) is 80.0 cm³/mol. The van der Waals surface area contributed by atoms with E-state index in [0.29, 0.717) is 4.47 Å². The number of benzene rings is 2. The molecule has 0 aliphatic heterocycles. The molecule has 1 N–H and O–H groups in total. The van der Waals surface area contributed by atoms with Crippen LogP contribution in [0.25, 0.3) is 0 Å². The summed E-state index contributed by atoms with van der Waals surface area (Å²) in [7, 11) is 0. The van der Waals surface area contributed by atoms with Gasteiger partial charge in [-0.3, -0.25) is 10.1 Å². The summed E-state index contributed by atoms with van der Waals surface area (Å²) in [5.74, 6) is 0. The van der Waals surface area contributed by atoms with Crippen molar-refractivity contribution in [2.45, 2.75) is 13.8 Å². The summed E-state index contributed by atoms with van der Waals surface area (Å²) < 4.78 is 0.671. The van der Waals surface area contributed by atoms with Crippen LogP contribution < -0.4 is 5.32 Å². The Morgan fingerprint density at radius 3 is 2.32 bits per heavy atom. The third-order valence-electron chi connectivity index (χ3n) is 2.90. The van der Waals surface area contributed by atoms with Crippen molar-refractivity contribution < 1.29 is 4.92 Å². The molecule has 0 aliphatic rings. The minimum Gasteiger partial charge on any atom is -0.354 e. The number of nitro groups is 1. The van der Waals surface area contributed by atoms with Gasteiger partial charge in [0, 0.05) is 22.3 Å². The number of hydrogen-bond acceptors (Lipinski definition) is 3. The Hall–Kier alpha value is -1.88. The Balaban J connectivity index is 2.36. The zero-order valence-electron chi connectivity index (χ0n) is 10.6. The van der Waals surface area contributed by atoms with E-state index in [4.69, 9.17) is 0 Å². The molecule has 0 saturated heterocycles. The molecule has 2 aromatic carbocycles. The van der Waals surface area contributed by atoms with E-state index in [1.165, 1.54) is 12.1 Å². The van der Waals surface area contributed by atoms with E-state index >= 15 is 0 Å². The van der Waals surface area contributed by atoms with Crippen LogP contribution >= 0.6 is 15.9 Å². The normalized spacial score (nSPS) is 10.3. The number of rotatable bonds is 3. The summed E-state index contributed by atoms with van der Waals surface area (Å²) in [6.07, 6.45) is 0. The minimum absolute atomic E-state index is 0.0685. The van der Waals surface area contributed by atoms with Crippen molar-refractivity contribution in [3.8, 4) is 0 Å². The van der Waals surface area contributed by atoms with Gasteiger partial charge in [-0.15, -0.1) is 0 Å². The smallest absolute Gasteiger partial charge is 0.270 e. The van der Waals surface area contributed by atoms with Crippen LogP contribution in [0.2, 0.25) is 0 Å². The lowest BCUT2D eigenvalue weighted by Gasteiger charge is -2.13. The quantitative estimate of drug-likeness (QED) is 0.657. The van der Waals surface area contributed by atoms with Crippen LogP contribution in [0.4, 0.5) is 17.1 Å². The average Bonchev–Trinajstić information content (AvgIpc) is 2.35. The highest BCUT2D eigenvalue weighted by Gasteiger charge is 2.10. The Morgan fingerprint density at radius 1 is 1.16 bits per heavy atom. The molecule has 0 saturated carbocycles. The molecule has 0 radical (unpaired) electrons. The molecule has 5 heteroatoms. The summed E-state index contributed by atoms with van der Waals surface area (Å²) in [5.41, 5.74) is 4.16. The molecule has 0 heterocycles. The summed E-state index contributed by atoms with van der Waals surface area (Å²) in [6, 6.07) is 10.7. The third kappa shape index (κ3) is 2.93. The first-order valence-corrected chi connectivity index (χ1v) is 6.55. The van der Waals surface area contributed by atoms with Crippen LogP contribution in [-0.2, 0) is 0 Å². The molecule has 4 nitrogen and oxygen atoms in total. The average molecular weight is 321 g/mol. The molecular weight excluding hydrogens is 308 g/mol. The van der Waals surface area contributed by atoms with Crippen molar-refractivity contribution >= 4 is 33.0 Å². The van der Waals surface area contributed by atoms with Gasteiger partial charge in [-0.25, -0.2) is 0 Å². The van der Waals surface area contributed by atoms with Crippen LogP contribution in [0.3, 0.4) is 0 Å². The number of halogens is 1. The molecule has 0 fully saturated rings. The molecule has 0 spiro atoms. The third-order valence-corrected chi connectivity index (χ3v) is 3.56. The molecule has 2 aromatic rings. The van der Waals surface area contributed by atoms with E-state index in [9.17, 15) is 10.1 Å². The fourth-order valence-corrected chi connectivity index (χ4v) is 2.33. The van der Waals surface area contributed by atoms with Gasteiger partial charge in [0.25, 0.3) is 5.69 Å². The van der Waals surface area contributed by atoms with Gasteiger partial charge in [-0.05, 0) is 47.0 Å². The maximum absolute atomic E-state index is 10.7. The number of nitro benzene ring substituents is 1. The van der Waals surface area contributed by atoms with Gasteiger partial charge in [0.2, 0.25) is 0 Å². The van der Waals surface area contributed by atoms with Crippen molar-refractivity contribution in [1.29, 1.82) is 0 Å². The molecule has 98 valence electrons. The van der Waals surface area contributed by atoms with E-state index in [2.05, 4.69) is 21.2 Å². The monoisotopic (exact) mass is 320 g/mol. The number of para-hydroxylation sites is 1. The highest BCUT2D eigenvalue weighted by atomic mass is 79.9. The fraction of sp³-hybridized carbons (Fsp3) is 0.143. The van der Waals surface area contributed by atoms with Crippen molar-refractivity contribution in [3.63, 3.8) is 0 Å². The van der Waals surface area contributed by atoms with Crippen LogP contribution in [-0.4, -0.2) is 4.92 Å². The van der Waals surface area contributed by atoms with Crippen molar-refractivity contribution in [2.75, 3.05) is 5.32 Å². The molecule has 19 heavy (non-hydrogen) atoms. The highest BCUT2D eigenvalue weighted by Crippen LogP contribution is 2.31. The number of nitrogens with one attached hydrogen (secondary N) is 1. The highest BCUT2D eigenvalue weighted by molar-refractivity contribution is 9.10. The topological polar surface area (TPSA) is 55.2 Å². The molecule has 0 bridgehead atoms. The van der Waals surface area contributed by atoms with E-state index in [1.54, 1.807) is 6.07 Å². The molecule has 0 unspecified atom stereocenters. The second-order valence-electron chi connectivity index (χ2n) is 4.31.